The van der Waals surface area contributed by atoms with Crippen molar-refractivity contribution in [2.24, 2.45) is 0 Å². The summed E-state index contributed by atoms with van der Waals surface area (Å²) in [4.78, 5) is 12.6. The maximum absolute atomic E-state index is 13.8. The van der Waals surface area contributed by atoms with Crippen LogP contribution in [0.1, 0.15) is 34.6 Å². The second-order valence-electron chi connectivity index (χ2n) is 6.44. The molecule has 0 fully saturated rings. The predicted octanol–water partition coefficient (Wildman–Crippen LogP) is 4.67. The highest BCUT2D eigenvalue weighted by atomic mass is 19.4. The molecule has 6 nitrogen and oxygen atoms in total. The SMILES string of the molecule is O=C(Nc1ccc(F)cc1F)c1cnn2c1NC(c1ccco1)CC2C(F)(F)F. The first-order valence-electron chi connectivity index (χ1n) is 8.44. The first kappa shape index (κ1) is 19.0. The number of furan rings is 1. The van der Waals surface area contributed by atoms with Crippen LogP contribution in [0, 0.1) is 11.6 Å². The van der Waals surface area contributed by atoms with Gasteiger partial charge in [0.2, 0.25) is 0 Å². The van der Waals surface area contributed by atoms with E-state index in [0.717, 1.165) is 18.3 Å². The average molecular weight is 412 g/mol. The molecule has 1 aliphatic heterocycles. The normalized spacial score (nSPS) is 18.8. The molecule has 0 aliphatic carbocycles. The number of carbonyl (C=O) groups is 1. The summed E-state index contributed by atoms with van der Waals surface area (Å²) in [5.41, 5.74) is -0.540. The van der Waals surface area contributed by atoms with Gasteiger partial charge in [0.1, 0.15) is 28.8 Å². The van der Waals surface area contributed by atoms with Crippen LogP contribution in [0.2, 0.25) is 0 Å². The molecular formula is C18H13F5N4O2. The molecule has 1 aliphatic rings. The predicted molar refractivity (Wildman–Crippen MR) is 91.3 cm³/mol. The van der Waals surface area contributed by atoms with Crippen molar-refractivity contribution in [2.75, 3.05) is 10.6 Å². The largest absolute Gasteiger partial charge is 0.467 e. The number of benzene rings is 1. The molecule has 3 aromatic rings. The van der Waals surface area contributed by atoms with Gasteiger partial charge in [-0.3, -0.25) is 4.79 Å². The Labute approximate surface area is 160 Å². The third kappa shape index (κ3) is 3.55. The van der Waals surface area contributed by atoms with E-state index in [1.54, 1.807) is 0 Å². The van der Waals surface area contributed by atoms with Crippen LogP contribution in [-0.2, 0) is 0 Å². The van der Waals surface area contributed by atoms with Crippen molar-refractivity contribution >= 4 is 17.4 Å². The number of halogens is 5. The van der Waals surface area contributed by atoms with E-state index in [9.17, 15) is 26.7 Å². The number of fused-ring (bicyclic) bond motifs is 1. The highest BCUT2D eigenvalue weighted by Crippen LogP contribution is 2.44. The number of rotatable bonds is 3. The van der Waals surface area contributed by atoms with Crippen molar-refractivity contribution in [3.8, 4) is 0 Å². The highest BCUT2D eigenvalue weighted by Gasteiger charge is 2.47. The number of anilines is 2. The molecule has 0 spiro atoms. The van der Waals surface area contributed by atoms with Gasteiger partial charge in [0, 0.05) is 12.5 Å². The third-order valence-corrected chi connectivity index (χ3v) is 4.55. The maximum atomic E-state index is 13.8. The number of carbonyl (C=O) groups excluding carboxylic acids is 1. The zero-order valence-corrected chi connectivity index (χ0v) is 14.5. The fourth-order valence-electron chi connectivity index (χ4n) is 3.19. The Bertz CT molecular complexity index is 1050. The van der Waals surface area contributed by atoms with Crippen molar-refractivity contribution in [1.29, 1.82) is 0 Å². The van der Waals surface area contributed by atoms with Gasteiger partial charge in [0.25, 0.3) is 5.91 Å². The molecule has 2 atom stereocenters. The number of amides is 1. The van der Waals surface area contributed by atoms with Crippen molar-refractivity contribution in [3.05, 3.63) is 65.7 Å². The van der Waals surface area contributed by atoms with Crippen LogP contribution in [0.4, 0.5) is 33.5 Å². The van der Waals surface area contributed by atoms with Gasteiger partial charge in [-0.25, -0.2) is 13.5 Å². The summed E-state index contributed by atoms with van der Waals surface area (Å²) < 4.78 is 73.4. The second-order valence-corrected chi connectivity index (χ2v) is 6.44. The summed E-state index contributed by atoms with van der Waals surface area (Å²) in [5, 5.41) is 8.76. The van der Waals surface area contributed by atoms with Gasteiger partial charge in [-0.2, -0.15) is 18.3 Å². The Morgan fingerprint density at radius 2 is 2.07 bits per heavy atom. The van der Waals surface area contributed by atoms with E-state index in [1.165, 1.54) is 18.4 Å². The van der Waals surface area contributed by atoms with Crippen LogP contribution < -0.4 is 10.6 Å². The Kier molecular flexibility index (Phi) is 4.52. The molecule has 4 rings (SSSR count). The fourth-order valence-corrected chi connectivity index (χ4v) is 3.19. The molecular weight excluding hydrogens is 399 g/mol. The lowest BCUT2D eigenvalue weighted by Gasteiger charge is -2.32. The Morgan fingerprint density at radius 3 is 2.72 bits per heavy atom. The smallest absolute Gasteiger partial charge is 0.410 e. The number of hydrogen-bond donors (Lipinski definition) is 2. The molecule has 3 heterocycles. The fraction of sp³-hybridized carbons (Fsp3) is 0.222. The van der Waals surface area contributed by atoms with E-state index >= 15 is 0 Å². The van der Waals surface area contributed by atoms with Crippen LogP contribution in [0.15, 0.2) is 47.2 Å². The number of nitrogens with zero attached hydrogens (tertiary/aromatic N) is 2. The zero-order chi connectivity index (χ0) is 20.8. The van der Waals surface area contributed by atoms with Gasteiger partial charge in [0.15, 0.2) is 6.04 Å². The molecule has 0 radical (unpaired) electrons. The number of aromatic nitrogens is 2. The summed E-state index contributed by atoms with van der Waals surface area (Å²) in [6.45, 7) is 0. The van der Waals surface area contributed by atoms with Gasteiger partial charge in [-0.15, -0.1) is 0 Å². The number of hydrogen-bond acceptors (Lipinski definition) is 4. The minimum atomic E-state index is -4.62. The van der Waals surface area contributed by atoms with Crippen LogP contribution in [0.3, 0.4) is 0 Å². The first-order valence-corrected chi connectivity index (χ1v) is 8.44. The minimum Gasteiger partial charge on any atom is -0.467 e. The molecule has 152 valence electrons. The highest BCUT2D eigenvalue weighted by molar-refractivity contribution is 6.07. The maximum Gasteiger partial charge on any atom is 0.410 e. The Balaban J connectivity index is 1.69. The quantitative estimate of drug-likeness (QED) is 0.614. The van der Waals surface area contributed by atoms with E-state index in [2.05, 4.69) is 15.7 Å². The molecule has 1 aromatic carbocycles. The van der Waals surface area contributed by atoms with E-state index in [-0.39, 0.29) is 29.2 Å². The van der Waals surface area contributed by atoms with Crippen molar-refractivity contribution < 1.29 is 31.2 Å². The van der Waals surface area contributed by atoms with E-state index in [1.807, 2.05) is 0 Å². The van der Waals surface area contributed by atoms with Gasteiger partial charge in [-0.1, -0.05) is 0 Å². The standard InChI is InChI=1S/C18H13F5N4O2/c19-9-3-4-12(11(20)6-9)26-17(28)10-8-24-27-15(18(21,22)23)7-13(25-16(10)27)14-2-1-5-29-14/h1-6,8,13,15,25H,7H2,(H,26,28). The van der Waals surface area contributed by atoms with E-state index in [0.29, 0.717) is 10.7 Å². The summed E-state index contributed by atoms with van der Waals surface area (Å²) in [5.74, 6) is -2.67. The molecule has 0 saturated carbocycles. The summed E-state index contributed by atoms with van der Waals surface area (Å²) >= 11 is 0. The van der Waals surface area contributed by atoms with Crippen molar-refractivity contribution in [1.82, 2.24) is 9.78 Å². The summed E-state index contributed by atoms with van der Waals surface area (Å²) in [6.07, 6.45) is -2.72. The van der Waals surface area contributed by atoms with Crippen LogP contribution >= 0.6 is 0 Å². The minimum absolute atomic E-state index is 0.181. The molecule has 0 saturated heterocycles. The number of nitrogens with one attached hydrogen (secondary N) is 2. The van der Waals surface area contributed by atoms with Gasteiger partial charge in [-0.05, 0) is 24.3 Å². The van der Waals surface area contributed by atoms with E-state index < -0.39 is 35.8 Å². The number of alkyl halides is 3. The molecule has 11 heteroatoms. The monoisotopic (exact) mass is 412 g/mol. The lowest BCUT2D eigenvalue weighted by Crippen LogP contribution is -2.36. The van der Waals surface area contributed by atoms with Crippen LogP contribution in [0.25, 0.3) is 0 Å². The summed E-state index contributed by atoms with van der Waals surface area (Å²) in [7, 11) is 0. The molecule has 29 heavy (non-hydrogen) atoms. The average Bonchev–Trinajstić information content (AvgIpc) is 3.31. The molecule has 0 bridgehead atoms. The lowest BCUT2D eigenvalue weighted by atomic mass is 10.0. The van der Waals surface area contributed by atoms with Crippen molar-refractivity contribution in [2.45, 2.75) is 24.7 Å². The first-order chi connectivity index (χ1) is 13.7. The Morgan fingerprint density at radius 1 is 1.28 bits per heavy atom. The molecule has 2 unspecified atom stereocenters. The lowest BCUT2D eigenvalue weighted by molar-refractivity contribution is -0.174. The summed E-state index contributed by atoms with van der Waals surface area (Å²) in [6, 6.07) is 2.75. The van der Waals surface area contributed by atoms with Crippen LogP contribution in [-0.4, -0.2) is 21.9 Å². The molecule has 2 aromatic heterocycles. The second kappa shape index (κ2) is 6.90. The van der Waals surface area contributed by atoms with Gasteiger partial charge >= 0.3 is 6.18 Å². The van der Waals surface area contributed by atoms with Crippen molar-refractivity contribution in [3.63, 3.8) is 0 Å². The molecule has 1 amide bonds. The topological polar surface area (TPSA) is 72.1 Å². The van der Waals surface area contributed by atoms with E-state index in [4.69, 9.17) is 4.42 Å². The van der Waals surface area contributed by atoms with Crippen LogP contribution in [0.5, 0.6) is 0 Å². The van der Waals surface area contributed by atoms with Gasteiger partial charge < -0.3 is 15.1 Å². The molecule has 2 N–H and O–H groups in total. The Hall–Kier alpha value is -3.37. The third-order valence-electron chi connectivity index (χ3n) is 4.55. The van der Waals surface area contributed by atoms with Gasteiger partial charge in [0.05, 0.1) is 24.2 Å². The zero-order valence-electron chi connectivity index (χ0n) is 14.5.